The second kappa shape index (κ2) is 9.72. The van der Waals surface area contributed by atoms with E-state index in [1.165, 1.54) is 6.42 Å². The number of nitrogens with zero attached hydrogens (tertiary/aromatic N) is 4. The molecule has 1 amide bonds. The van der Waals surface area contributed by atoms with Crippen molar-refractivity contribution >= 4 is 5.91 Å². The molecule has 0 aliphatic heterocycles. The SMILES string of the molecule is Cc1nnc(-c2cc(CCC(C)C)n(-c3cccc(C(=O)N[C@@H]4C[C@@H](C)CC(C)(C)C4)c3)n2)o1. The molecule has 7 heteroatoms. The lowest BCUT2D eigenvalue weighted by molar-refractivity contribution is 0.0874. The van der Waals surface area contributed by atoms with Gasteiger partial charge in [0.25, 0.3) is 11.8 Å². The predicted molar refractivity (Wildman–Crippen MR) is 133 cm³/mol. The van der Waals surface area contributed by atoms with Crippen LogP contribution in [0.3, 0.4) is 0 Å². The molecule has 2 heterocycles. The van der Waals surface area contributed by atoms with Crippen LogP contribution in [0, 0.1) is 24.2 Å². The number of hydrogen-bond acceptors (Lipinski definition) is 5. The predicted octanol–water partition coefficient (Wildman–Crippen LogP) is 5.76. The molecule has 1 aliphatic carbocycles. The zero-order valence-electron chi connectivity index (χ0n) is 21.3. The molecule has 1 aliphatic rings. The Labute approximate surface area is 202 Å². The van der Waals surface area contributed by atoms with Crippen molar-refractivity contribution in [3.8, 4) is 17.3 Å². The van der Waals surface area contributed by atoms with E-state index in [-0.39, 0.29) is 17.4 Å². The van der Waals surface area contributed by atoms with Crippen molar-refractivity contribution in [2.24, 2.45) is 17.3 Å². The van der Waals surface area contributed by atoms with Gasteiger partial charge in [0.15, 0.2) is 0 Å². The van der Waals surface area contributed by atoms with Crippen LogP contribution in [0.4, 0.5) is 0 Å². The van der Waals surface area contributed by atoms with E-state index in [2.05, 4.69) is 50.1 Å². The average Bonchev–Trinajstić information content (AvgIpc) is 3.37. The van der Waals surface area contributed by atoms with E-state index in [1.54, 1.807) is 6.92 Å². The lowest BCUT2D eigenvalue weighted by atomic mass is 9.70. The molecule has 0 spiro atoms. The Morgan fingerprint density at radius 1 is 1.24 bits per heavy atom. The van der Waals surface area contributed by atoms with Crippen molar-refractivity contribution in [2.45, 2.75) is 79.7 Å². The molecular weight excluding hydrogens is 426 g/mol. The fourth-order valence-corrected chi connectivity index (χ4v) is 5.27. The van der Waals surface area contributed by atoms with Crippen molar-refractivity contribution in [3.63, 3.8) is 0 Å². The van der Waals surface area contributed by atoms with Gasteiger partial charge in [-0.3, -0.25) is 4.79 Å². The lowest BCUT2D eigenvalue weighted by Gasteiger charge is -2.39. The van der Waals surface area contributed by atoms with Crippen LogP contribution < -0.4 is 5.32 Å². The normalized spacial score (nSPS) is 20.0. The van der Waals surface area contributed by atoms with Gasteiger partial charge in [-0.25, -0.2) is 4.68 Å². The van der Waals surface area contributed by atoms with Gasteiger partial charge >= 0.3 is 0 Å². The van der Waals surface area contributed by atoms with Gasteiger partial charge in [0, 0.05) is 24.2 Å². The highest BCUT2D eigenvalue weighted by molar-refractivity contribution is 5.95. The number of nitrogens with one attached hydrogen (secondary N) is 1. The summed E-state index contributed by atoms with van der Waals surface area (Å²) in [4.78, 5) is 13.2. The summed E-state index contributed by atoms with van der Waals surface area (Å²) in [6, 6.07) is 9.90. The Hall–Kier alpha value is -2.96. The van der Waals surface area contributed by atoms with Crippen molar-refractivity contribution < 1.29 is 9.21 Å². The second-order valence-corrected chi connectivity index (χ2v) is 11.1. The smallest absolute Gasteiger partial charge is 0.268 e. The quantitative estimate of drug-likeness (QED) is 0.481. The number of benzene rings is 1. The van der Waals surface area contributed by atoms with Gasteiger partial charge in [-0.05, 0) is 73.6 Å². The topological polar surface area (TPSA) is 85.8 Å². The van der Waals surface area contributed by atoms with Gasteiger partial charge in [-0.1, -0.05) is 40.7 Å². The molecule has 0 unspecified atom stereocenters. The third-order valence-electron chi connectivity index (χ3n) is 6.58. The first-order valence-corrected chi connectivity index (χ1v) is 12.4. The maximum Gasteiger partial charge on any atom is 0.268 e. The summed E-state index contributed by atoms with van der Waals surface area (Å²) in [6.07, 6.45) is 5.14. The lowest BCUT2D eigenvalue weighted by Crippen LogP contribution is -2.43. The molecule has 4 rings (SSSR count). The van der Waals surface area contributed by atoms with Gasteiger partial charge in [-0.2, -0.15) is 5.10 Å². The largest absolute Gasteiger partial charge is 0.420 e. The molecular formula is C27H37N5O2. The highest BCUT2D eigenvalue weighted by Gasteiger charge is 2.32. The Balaban J connectivity index is 1.59. The number of rotatable bonds is 7. The van der Waals surface area contributed by atoms with E-state index < -0.39 is 0 Å². The number of aryl methyl sites for hydroxylation is 2. The average molecular weight is 464 g/mol. The van der Waals surface area contributed by atoms with E-state index in [4.69, 9.17) is 9.52 Å². The zero-order chi connectivity index (χ0) is 24.5. The molecule has 0 saturated heterocycles. The maximum atomic E-state index is 13.2. The molecule has 0 radical (unpaired) electrons. The van der Waals surface area contributed by atoms with Crippen LogP contribution in [-0.2, 0) is 6.42 Å². The minimum Gasteiger partial charge on any atom is -0.420 e. The minimum atomic E-state index is -0.0274. The number of hydrogen-bond donors (Lipinski definition) is 1. The van der Waals surface area contributed by atoms with Crippen molar-refractivity contribution in [1.29, 1.82) is 0 Å². The van der Waals surface area contributed by atoms with E-state index in [0.29, 0.717) is 34.9 Å². The van der Waals surface area contributed by atoms with Crippen LogP contribution in [0.1, 0.15) is 82.2 Å². The highest BCUT2D eigenvalue weighted by atomic mass is 16.4. The monoisotopic (exact) mass is 463 g/mol. The van der Waals surface area contributed by atoms with Crippen LogP contribution in [-0.4, -0.2) is 31.9 Å². The van der Waals surface area contributed by atoms with E-state index >= 15 is 0 Å². The number of aromatic nitrogens is 4. The molecule has 1 aromatic carbocycles. The van der Waals surface area contributed by atoms with Crippen molar-refractivity contribution in [2.75, 3.05) is 0 Å². The first-order valence-electron chi connectivity index (χ1n) is 12.4. The summed E-state index contributed by atoms with van der Waals surface area (Å²) in [7, 11) is 0. The van der Waals surface area contributed by atoms with Crippen LogP contribution in [0.5, 0.6) is 0 Å². The first-order chi connectivity index (χ1) is 16.1. The van der Waals surface area contributed by atoms with Gasteiger partial charge in [0.1, 0.15) is 5.69 Å². The fraction of sp³-hybridized carbons (Fsp3) is 0.556. The Bertz CT molecular complexity index is 1140. The molecule has 182 valence electrons. The molecule has 1 fully saturated rings. The summed E-state index contributed by atoms with van der Waals surface area (Å²) in [5.41, 5.74) is 3.45. The van der Waals surface area contributed by atoms with Crippen LogP contribution in [0.25, 0.3) is 17.3 Å². The number of carbonyl (C=O) groups excluding carboxylic acids is 1. The number of carbonyl (C=O) groups is 1. The van der Waals surface area contributed by atoms with Crippen LogP contribution in [0.15, 0.2) is 34.7 Å². The van der Waals surface area contributed by atoms with E-state index in [0.717, 1.165) is 37.1 Å². The number of amides is 1. The molecule has 3 aromatic rings. The van der Waals surface area contributed by atoms with E-state index in [9.17, 15) is 4.79 Å². The molecule has 2 atom stereocenters. The molecule has 0 bridgehead atoms. The van der Waals surface area contributed by atoms with Gasteiger partial charge in [-0.15, -0.1) is 10.2 Å². The summed E-state index contributed by atoms with van der Waals surface area (Å²) in [6.45, 7) is 13.0. The minimum absolute atomic E-state index is 0.0274. The molecule has 1 N–H and O–H groups in total. The summed E-state index contributed by atoms with van der Waals surface area (Å²) in [5, 5.41) is 16.1. The third-order valence-corrected chi connectivity index (χ3v) is 6.58. The van der Waals surface area contributed by atoms with Gasteiger partial charge in [0.05, 0.1) is 5.69 Å². The molecule has 34 heavy (non-hydrogen) atoms. The highest BCUT2D eigenvalue weighted by Crippen LogP contribution is 2.38. The van der Waals surface area contributed by atoms with E-state index in [1.807, 2.05) is 35.0 Å². The first kappa shape index (κ1) is 24.2. The molecule has 2 aromatic heterocycles. The molecule has 1 saturated carbocycles. The third kappa shape index (κ3) is 5.75. The fourth-order valence-electron chi connectivity index (χ4n) is 5.27. The maximum absolute atomic E-state index is 13.2. The zero-order valence-corrected chi connectivity index (χ0v) is 21.3. The van der Waals surface area contributed by atoms with Crippen molar-refractivity contribution in [1.82, 2.24) is 25.3 Å². The second-order valence-electron chi connectivity index (χ2n) is 11.1. The van der Waals surface area contributed by atoms with Gasteiger partial charge < -0.3 is 9.73 Å². The Kier molecular flexibility index (Phi) is 6.91. The van der Waals surface area contributed by atoms with Crippen LogP contribution in [0.2, 0.25) is 0 Å². The Morgan fingerprint density at radius 3 is 2.71 bits per heavy atom. The van der Waals surface area contributed by atoms with Crippen molar-refractivity contribution in [3.05, 3.63) is 47.5 Å². The summed E-state index contributed by atoms with van der Waals surface area (Å²) < 4.78 is 7.51. The van der Waals surface area contributed by atoms with Crippen LogP contribution >= 0.6 is 0 Å². The summed E-state index contributed by atoms with van der Waals surface area (Å²) >= 11 is 0. The Morgan fingerprint density at radius 2 is 2.03 bits per heavy atom. The standard InChI is InChI=1S/C27H37N5O2/c1-17(2)10-11-23-14-24(26-30-29-19(4)34-26)31-32(23)22-9-7-8-20(13-22)25(33)28-21-12-18(3)15-27(5,6)16-21/h7-9,13-14,17-18,21H,10-12,15-16H2,1-6H3,(H,28,33)/t18-,21-/m1/s1. The molecule has 7 nitrogen and oxygen atoms in total. The summed E-state index contributed by atoms with van der Waals surface area (Å²) in [5.74, 6) is 2.06. The van der Waals surface area contributed by atoms with Gasteiger partial charge in [0.2, 0.25) is 5.89 Å².